The summed E-state index contributed by atoms with van der Waals surface area (Å²) in [5.74, 6) is 0. The zero-order valence-electron chi connectivity index (χ0n) is 13.4. The van der Waals surface area contributed by atoms with Crippen molar-refractivity contribution in [2.75, 3.05) is 19.3 Å². The van der Waals surface area contributed by atoms with Gasteiger partial charge in [-0.05, 0) is 55.0 Å². The van der Waals surface area contributed by atoms with Crippen molar-refractivity contribution in [2.45, 2.75) is 49.8 Å². The first kappa shape index (κ1) is 16.3. The molecule has 0 N–H and O–H groups in total. The van der Waals surface area contributed by atoms with Crippen LogP contribution >= 0.6 is 10.8 Å². The monoisotopic (exact) mass is 340 g/mol. The molecule has 1 aromatic carbocycles. The average molecular weight is 341 g/mol. The van der Waals surface area contributed by atoms with Crippen LogP contribution in [0.1, 0.15) is 25.8 Å². The molecule has 2 aliphatic heterocycles. The summed E-state index contributed by atoms with van der Waals surface area (Å²) in [6, 6.07) is 9.31. The summed E-state index contributed by atoms with van der Waals surface area (Å²) in [4.78, 5) is 5.52. The van der Waals surface area contributed by atoms with Gasteiger partial charge in [-0.3, -0.25) is 9.80 Å². The van der Waals surface area contributed by atoms with Crippen molar-refractivity contribution in [3.63, 3.8) is 0 Å². The lowest BCUT2D eigenvalue weighted by Crippen LogP contribution is -2.48. The fourth-order valence-electron chi connectivity index (χ4n) is 3.74. The molecule has 3 rings (SSSR count). The molecule has 0 aliphatic carbocycles. The Hall–Kier alpha value is -0.560. The van der Waals surface area contributed by atoms with Crippen LogP contribution in [0.5, 0.6) is 0 Å². The van der Waals surface area contributed by atoms with E-state index in [9.17, 15) is 8.42 Å². The highest BCUT2D eigenvalue weighted by molar-refractivity contribution is 8.71. The Morgan fingerprint density at radius 3 is 2.64 bits per heavy atom. The summed E-state index contributed by atoms with van der Waals surface area (Å²) in [6.45, 7) is 7.63. The Morgan fingerprint density at radius 2 is 2.05 bits per heavy atom. The Bertz CT molecular complexity index is 645. The Kier molecular flexibility index (Phi) is 4.56. The quantitative estimate of drug-likeness (QED) is 0.770. The maximum absolute atomic E-state index is 12.0. The minimum Gasteiger partial charge on any atom is -0.295 e. The molecule has 2 fully saturated rings. The van der Waals surface area contributed by atoms with E-state index < -0.39 is 8.87 Å². The van der Waals surface area contributed by atoms with Gasteiger partial charge in [0.2, 0.25) is 8.87 Å². The van der Waals surface area contributed by atoms with E-state index >= 15 is 0 Å². The van der Waals surface area contributed by atoms with Gasteiger partial charge >= 0.3 is 0 Å². The van der Waals surface area contributed by atoms with E-state index in [1.807, 2.05) is 18.2 Å². The second-order valence-corrected chi connectivity index (χ2v) is 10.6. The van der Waals surface area contributed by atoms with Crippen molar-refractivity contribution in [3.05, 3.63) is 29.8 Å². The Morgan fingerprint density at radius 1 is 1.27 bits per heavy atom. The molecule has 2 saturated heterocycles. The lowest BCUT2D eigenvalue weighted by Gasteiger charge is -2.36. The lowest BCUT2D eigenvalue weighted by atomic mass is 10.2. The minimum absolute atomic E-state index is 0.422. The molecule has 6 heteroatoms. The molecule has 2 unspecified atom stereocenters. The van der Waals surface area contributed by atoms with Crippen LogP contribution in [0.4, 0.5) is 0 Å². The van der Waals surface area contributed by atoms with Gasteiger partial charge in [0, 0.05) is 37.8 Å². The molecule has 2 bridgehead atoms. The molecule has 0 spiro atoms. The van der Waals surface area contributed by atoms with E-state index in [1.165, 1.54) is 6.42 Å². The number of hydrogen-bond donors (Lipinski definition) is 0. The Balaban J connectivity index is 1.70. The smallest absolute Gasteiger partial charge is 0.229 e. The SMILES string of the molecule is CSS(=O)(=O)c1cccc(CN2CC3CC2CN3C(C)C)c1. The van der Waals surface area contributed by atoms with Crippen LogP contribution in [0.2, 0.25) is 0 Å². The van der Waals surface area contributed by atoms with Crippen molar-refractivity contribution < 1.29 is 8.42 Å². The number of hydrogen-bond acceptors (Lipinski definition) is 5. The number of benzene rings is 1. The van der Waals surface area contributed by atoms with Gasteiger partial charge in [-0.2, -0.15) is 0 Å². The third-order valence-corrected chi connectivity index (χ3v) is 8.02. The van der Waals surface area contributed by atoms with Crippen molar-refractivity contribution in [1.29, 1.82) is 0 Å². The van der Waals surface area contributed by atoms with Crippen molar-refractivity contribution >= 4 is 19.7 Å². The number of likely N-dealkylation sites (tertiary alicyclic amines) is 2. The molecule has 4 nitrogen and oxygen atoms in total. The molecule has 22 heavy (non-hydrogen) atoms. The van der Waals surface area contributed by atoms with Gasteiger partial charge in [0.15, 0.2) is 0 Å². The molecule has 122 valence electrons. The topological polar surface area (TPSA) is 40.6 Å². The third kappa shape index (κ3) is 3.07. The first-order valence-electron chi connectivity index (χ1n) is 7.80. The van der Waals surface area contributed by atoms with Crippen LogP contribution in [-0.4, -0.2) is 55.7 Å². The maximum atomic E-state index is 12.0. The second-order valence-electron chi connectivity index (χ2n) is 6.53. The molecule has 2 atom stereocenters. The zero-order chi connectivity index (χ0) is 15.9. The van der Waals surface area contributed by atoms with Crippen LogP contribution < -0.4 is 0 Å². The molecule has 0 amide bonds. The van der Waals surface area contributed by atoms with Gasteiger partial charge in [0.1, 0.15) is 0 Å². The first-order valence-corrected chi connectivity index (χ1v) is 11.0. The third-order valence-electron chi connectivity index (χ3n) is 4.85. The number of nitrogens with zero attached hydrogens (tertiary/aromatic N) is 2. The highest BCUT2D eigenvalue weighted by atomic mass is 33.1. The summed E-state index contributed by atoms with van der Waals surface area (Å²) >= 11 is 0. The fraction of sp³-hybridized carbons (Fsp3) is 0.625. The number of fused-ring (bicyclic) bond motifs is 2. The average Bonchev–Trinajstić information content (AvgIpc) is 3.07. The normalized spacial score (nSPS) is 26.2. The van der Waals surface area contributed by atoms with Gasteiger partial charge in [-0.1, -0.05) is 12.1 Å². The summed E-state index contributed by atoms with van der Waals surface area (Å²) < 4.78 is 24.0. The predicted octanol–water partition coefficient (Wildman–Crippen LogP) is 2.41. The molecule has 1 aromatic rings. The molecule has 0 aromatic heterocycles. The van der Waals surface area contributed by atoms with E-state index in [-0.39, 0.29) is 0 Å². The van der Waals surface area contributed by atoms with E-state index in [0.29, 0.717) is 23.0 Å². The number of rotatable bonds is 5. The van der Waals surface area contributed by atoms with Gasteiger partial charge in [0.05, 0.1) is 4.90 Å². The molecule has 0 saturated carbocycles. The largest absolute Gasteiger partial charge is 0.295 e. The standard InChI is InChI=1S/C16H24N2O2S2/c1-12(2)18-11-14-8-15(18)10-17(14)9-13-5-4-6-16(7-13)22(19,20)21-3/h4-7,12,14-15H,8-11H2,1-3H3. The maximum Gasteiger partial charge on any atom is 0.229 e. The van der Waals surface area contributed by atoms with Gasteiger partial charge in [-0.25, -0.2) is 8.42 Å². The van der Waals surface area contributed by atoms with E-state index in [4.69, 9.17) is 0 Å². The van der Waals surface area contributed by atoms with E-state index in [0.717, 1.165) is 36.0 Å². The van der Waals surface area contributed by atoms with Gasteiger partial charge < -0.3 is 0 Å². The summed E-state index contributed by atoms with van der Waals surface area (Å²) in [5.41, 5.74) is 1.10. The summed E-state index contributed by atoms with van der Waals surface area (Å²) in [7, 11) is -2.30. The van der Waals surface area contributed by atoms with Gasteiger partial charge in [0.25, 0.3) is 0 Å². The molecule has 0 radical (unpaired) electrons. The zero-order valence-corrected chi connectivity index (χ0v) is 15.0. The van der Waals surface area contributed by atoms with Crippen molar-refractivity contribution in [1.82, 2.24) is 9.80 Å². The molecule has 2 heterocycles. The molecular weight excluding hydrogens is 316 g/mol. The predicted molar refractivity (Wildman–Crippen MR) is 91.6 cm³/mol. The molecular formula is C16H24N2O2S2. The van der Waals surface area contributed by atoms with Crippen LogP contribution in [0.25, 0.3) is 0 Å². The van der Waals surface area contributed by atoms with Crippen LogP contribution in [0, 0.1) is 0 Å². The Labute approximate surface area is 137 Å². The van der Waals surface area contributed by atoms with Crippen molar-refractivity contribution in [2.24, 2.45) is 0 Å². The highest BCUT2D eigenvalue weighted by Crippen LogP contribution is 2.33. The fourth-order valence-corrected chi connectivity index (χ4v) is 5.36. The van der Waals surface area contributed by atoms with E-state index in [2.05, 4.69) is 23.6 Å². The van der Waals surface area contributed by atoms with Crippen molar-refractivity contribution in [3.8, 4) is 0 Å². The van der Waals surface area contributed by atoms with Crippen LogP contribution in [0.15, 0.2) is 29.2 Å². The molecule has 2 aliphatic rings. The lowest BCUT2D eigenvalue weighted by molar-refractivity contribution is 0.0998. The van der Waals surface area contributed by atoms with Crippen LogP contribution in [-0.2, 0) is 15.4 Å². The van der Waals surface area contributed by atoms with E-state index in [1.54, 1.807) is 12.3 Å². The summed E-state index contributed by atoms with van der Waals surface area (Å²) in [5, 5.41) is 0. The van der Waals surface area contributed by atoms with Gasteiger partial charge in [-0.15, -0.1) is 0 Å². The minimum atomic E-state index is -3.19. The summed E-state index contributed by atoms with van der Waals surface area (Å²) in [6.07, 6.45) is 2.86. The highest BCUT2D eigenvalue weighted by Gasteiger charge is 2.43. The second kappa shape index (κ2) is 6.15. The first-order chi connectivity index (χ1) is 10.4. The van der Waals surface area contributed by atoms with Crippen LogP contribution in [0.3, 0.4) is 0 Å². The number of piperazine rings is 1.